The largest absolute Gasteiger partial charge is 0.497 e. The second kappa shape index (κ2) is 5.05. The summed E-state index contributed by atoms with van der Waals surface area (Å²) < 4.78 is 5.07. The number of nitro groups is 1. The zero-order chi connectivity index (χ0) is 14.0. The predicted octanol–water partition coefficient (Wildman–Crippen LogP) is 1.56. The minimum Gasteiger partial charge on any atom is -0.497 e. The molecule has 2 rings (SSSR count). The van der Waals surface area contributed by atoms with Gasteiger partial charge in [-0.25, -0.2) is 5.01 Å². The Bertz CT molecular complexity index is 568. The Hall–Kier alpha value is -2.44. The molecule has 7 nitrogen and oxygen atoms in total. The first-order chi connectivity index (χ1) is 9.02. The summed E-state index contributed by atoms with van der Waals surface area (Å²) in [7, 11) is 1.49. The zero-order valence-electron chi connectivity index (χ0n) is 10.6. The van der Waals surface area contributed by atoms with Crippen molar-refractivity contribution in [3.63, 3.8) is 0 Å². The standard InChI is InChI=1S/C12H13N3O4/c1-8(16)14-6-5-11(13-14)10-7-9(19-2)3-4-12(10)15(17)18/h3-4,7H,5-6H2,1-2H3. The molecule has 0 spiro atoms. The van der Waals surface area contributed by atoms with E-state index in [9.17, 15) is 14.9 Å². The van der Waals surface area contributed by atoms with Crippen molar-refractivity contribution in [1.29, 1.82) is 0 Å². The van der Waals surface area contributed by atoms with Gasteiger partial charge in [0.25, 0.3) is 5.69 Å². The molecule has 1 amide bonds. The molecule has 0 saturated carbocycles. The second-order valence-corrected chi connectivity index (χ2v) is 4.08. The number of nitro benzene ring substituents is 1. The van der Waals surface area contributed by atoms with Gasteiger partial charge in [-0.1, -0.05) is 0 Å². The average molecular weight is 263 g/mol. The van der Waals surface area contributed by atoms with Crippen molar-refractivity contribution < 1.29 is 14.5 Å². The number of ether oxygens (including phenoxy) is 1. The van der Waals surface area contributed by atoms with Crippen LogP contribution in [0.3, 0.4) is 0 Å². The van der Waals surface area contributed by atoms with E-state index in [2.05, 4.69) is 5.10 Å². The molecule has 1 aliphatic heterocycles. The number of hydrogen-bond acceptors (Lipinski definition) is 5. The van der Waals surface area contributed by atoms with E-state index in [-0.39, 0.29) is 11.6 Å². The molecule has 1 aromatic rings. The van der Waals surface area contributed by atoms with Crippen LogP contribution < -0.4 is 4.74 Å². The van der Waals surface area contributed by atoms with Crippen molar-refractivity contribution in [3.8, 4) is 5.75 Å². The van der Waals surface area contributed by atoms with Gasteiger partial charge in [-0.2, -0.15) is 5.10 Å². The van der Waals surface area contributed by atoms with Crippen LogP contribution in [-0.2, 0) is 4.79 Å². The number of methoxy groups -OCH3 is 1. The van der Waals surface area contributed by atoms with Gasteiger partial charge < -0.3 is 4.74 Å². The Labute approximate surface area is 109 Å². The number of nitrogens with zero attached hydrogens (tertiary/aromatic N) is 3. The highest BCUT2D eigenvalue weighted by Gasteiger charge is 2.25. The summed E-state index contributed by atoms with van der Waals surface area (Å²) in [5, 5.41) is 16.4. The maximum Gasteiger partial charge on any atom is 0.278 e. The first-order valence-electron chi connectivity index (χ1n) is 5.71. The van der Waals surface area contributed by atoms with Crippen LogP contribution in [0.15, 0.2) is 23.3 Å². The van der Waals surface area contributed by atoms with E-state index >= 15 is 0 Å². The van der Waals surface area contributed by atoms with Crippen molar-refractivity contribution in [1.82, 2.24) is 5.01 Å². The van der Waals surface area contributed by atoms with Gasteiger partial charge in [0, 0.05) is 19.4 Å². The molecule has 1 heterocycles. The summed E-state index contributed by atoms with van der Waals surface area (Å²) in [5.74, 6) is 0.338. The van der Waals surface area contributed by atoms with Crippen LogP contribution in [-0.4, -0.2) is 35.2 Å². The fraction of sp³-hybridized carbons (Fsp3) is 0.333. The van der Waals surface area contributed by atoms with E-state index < -0.39 is 4.92 Å². The number of rotatable bonds is 3. The lowest BCUT2D eigenvalue weighted by Gasteiger charge is -2.06. The molecule has 19 heavy (non-hydrogen) atoms. The molecular formula is C12H13N3O4. The molecule has 0 unspecified atom stereocenters. The van der Waals surface area contributed by atoms with Crippen molar-refractivity contribution in [2.75, 3.05) is 13.7 Å². The highest BCUT2D eigenvalue weighted by atomic mass is 16.6. The van der Waals surface area contributed by atoms with Gasteiger partial charge in [0.2, 0.25) is 5.91 Å². The third kappa shape index (κ3) is 2.54. The predicted molar refractivity (Wildman–Crippen MR) is 68.2 cm³/mol. The molecule has 0 N–H and O–H groups in total. The Kier molecular flexibility index (Phi) is 3.46. The van der Waals surface area contributed by atoms with Crippen LogP contribution in [0.4, 0.5) is 5.69 Å². The monoisotopic (exact) mass is 263 g/mol. The van der Waals surface area contributed by atoms with Crippen LogP contribution in [0.2, 0.25) is 0 Å². The number of carbonyl (C=O) groups excluding carboxylic acids is 1. The molecule has 0 atom stereocenters. The normalized spacial score (nSPS) is 14.2. The number of amides is 1. The smallest absolute Gasteiger partial charge is 0.278 e. The summed E-state index contributed by atoms with van der Waals surface area (Å²) in [6, 6.07) is 4.48. The van der Waals surface area contributed by atoms with Gasteiger partial charge in [-0.3, -0.25) is 14.9 Å². The molecule has 1 aromatic carbocycles. The fourth-order valence-electron chi connectivity index (χ4n) is 1.91. The molecular weight excluding hydrogens is 250 g/mol. The first kappa shape index (κ1) is 13.0. The minimum atomic E-state index is -0.465. The third-order valence-corrected chi connectivity index (χ3v) is 2.88. The van der Waals surface area contributed by atoms with Gasteiger partial charge in [-0.05, 0) is 12.1 Å². The van der Waals surface area contributed by atoms with E-state index in [4.69, 9.17) is 4.74 Å². The highest BCUT2D eigenvalue weighted by molar-refractivity contribution is 6.05. The maximum atomic E-state index is 11.2. The quantitative estimate of drug-likeness (QED) is 0.611. The molecule has 100 valence electrons. The Balaban J connectivity index is 2.46. The average Bonchev–Trinajstić information content (AvgIpc) is 2.87. The van der Waals surface area contributed by atoms with Gasteiger partial charge in [0.05, 0.1) is 29.9 Å². The van der Waals surface area contributed by atoms with E-state index in [1.807, 2.05) is 0 Å². The molecule has 0 saturated heterocycles. The molecule has 0 bridgehead atoms. The fourth-order valence-corrected chi connectivity index (χ4v) is 1.91. The van der Waals surface area contributed by atoms with Gasteiger partial charge >= 0.3 is 0 Å². The van der Waals surface area contributed by atoms with E-state index in [1.54, 1.807) is 6.07 Å². The molecule has 1 aliphatic rings. The SMILES string of the molecule is COc1ccc([N+](=O)[O-])c(C2=NN(C(C)=O)CC2)c1. The Morgan fingerprint density at radius 1 is 1.53 bits per heavy atom. The third-order valence-electron chi connectivity index (χ3n) is 2.88. The van der Waals surface area contributed by atoms with Crippen LogP contribution >= 0.6 is 0 Å². The van der Waals surface area contributed by atoms with Crippen molar-refractivity contribution in [2.24, 2.45) is 5.10 Å². The summed E-state index contributed by atoms with van der Waals surface area (Å²) in [6.07, 6.45) is 0.494. The lowest BCUT2D eigenvalue weighted by atomic mass is 10.1. The van der Waals surface area contributed by atoms with Gasteiger partial charge in [0.1, 0.15) is 5.75 Å². The lowest BCUT2D eigenvalue weighted by molar-refractivity contribution is -0.385. The first-order valence-corrected chi connectivity index (χ1v) is 5.71. The number of hydrazone groups is 1. The Morgan fingerprint density at radius 2 is 2.26 bits per heavy atom. The van der Waals surface area contributed by atoms with Gasteiger partial charge in [-0.15, -0.1) is 0 Å². The molecule has 0 radical (unpaired) electrons. The minimum absolute atomic E-state index is 0.0371. The van der Waals surface area contributed by atoms with Crippen LogP contribution in [0, 0.1) is 10.1 Å². The Morgan fingerprint density at radius 3 is 2.79 bits per heavy atom. The van der Waals surface area contributed by atoms with Crippen LogP contribution in [0.25, 0.3) is 0 Å². The topological polar surface area (TPSA) is 85.0 Å². The van der Waals surface area contributed by atoms with Crippen molar-refractivity contribution >= 4 is 17.3 Å². The summed E-state index contributed by atoms with van der Waals surface area (Å²) in [6.45, 7) is 1.85. The number of hydrogen-bond donors (Lipinski definition) is 0. The molecule has 0 aliphatic carbocycles. The number of benzene rings is 1. The molecule has 0 aromatic heterocycles. The summed E-state index contributed by atoms with van der Waals surface area (Å²) >= 11 is 0. The lowest BCUT2D eigenvalue weighted by Crippen LogP contribution is -2.19. The van der Waals surface area contributed by atoms with Crippen LogP contribution in [0.5, 0.6) is 5.75 Å². The van der Waals surface area contributed by atoms with Crippen molar-refractivity contribution in [2.45, 2.75) is 13.3 Å². The molecule has 7 heteroatoms. The highest BCUT2D eigenvalue weighted by Crippen LogP contribution is 2.27. The van der Waals surface area contributed by atoms with E-state index in [1.165, 1.54) is 31.2 Å². The van der Waals surface area contributed by atoms with E-state index in [0.29, 0.717) is 30.0 Å². The maximum absolute atomic E-state index is 11.2. The summed E-state index contributed by atoms with van der Waals surface area (Å²) in [5.41, 5.74) is 0.888. The second-order valence-electron chi connectivity index (χ2n) is 4.08. The number of carbonyl (C=O) groups is 1. The zero-order valence-corrected chi connectivity index (χ0v) is 10.6. The van der Waals surface area contributed by atoms with Crippen LogP contribution in [0.1, 0.15) is 18.9 Å². The summed E-state index contributed by atoms with van der Waals surface area (Å²) in [4.78, 5) is 21.8. The molecule has 0 fully saturated rings. The van der Waals surface area contributed by atoms with Gasteiger partial charge in [0.15, 0.2) is 0 Å². The van der Waals surface area contributed by atoms with Crippen molar-refractivity contribution in [3.05, 3.63) is 33.9 Å². The van der Waals surface area contributed by atoms with E-state index in [0.717, 1.165) is 0 Å².